The SMILES string of the molecule is CCc1[nH]n(C(C)(C)C)c(=O)c1C. The number of nitrogens with one attached hydrogen (secondary N) is 1. The molecule has 1 aromatic rings. The zero-order valence-corrected chi connectivity index (χ0v) is 9.06. The Balaban J connectivity index is 3.34. The first-order valence-electron chi connectivity index (χ1n) is 4.69. The Bertz CT molecular complexity index is 352. The second-order valence-electron chi connectivity index (χ2n) is 4.38. The van der Waals surface area contributed by atoms with Gasteiger partial charge in [-0.25, -0.2) is 4.68 Å². The minimum absolute atomic E-state index is 0.101. The van der Waals surface area contributed by atoms with E-state index in [4.69, 9.17) is 0 Å². The van der Waals surface area contributed by atoms with E-state index in [1.165, 1.54) is 0 Å². The van der Waals surface area contributed by atoms with Crippen LogP contribution in [-0.4, -0.2) is 9.78 Å². The third-order valence-corrected chi connectivity index (χ3v) is 2.25. The van der Waals surface area contributed by atoms with Crippen molar-refractivity contribution < 1.29 is 0 Å². The zero-order chi connectivity index (χ0) is 10.2. The van der Waals surface area contributed by atoms with Crippen LogP contribution in [0.3, 0.4) is 0 Å². The molecule has 74 valence electrons. The zero-order valence-electron chi connectivity index (χ0n) is 9.06. The number of aromatic nitrogens is 2. The fraction of sp³-hybridized carbons (Fsp3) is 0.700. The minimum Gasteiger partial charge on any atom is -0.299 e. The van der Waals surface area contributed by atoms with Crippen LogP contribution in [0.4, 0.5) is 0 Å². The quantitative estimate of drug-likeness (QED) is 0.706. The molecule has 0 amide bonds. The minimum atomic E-state index is -0.157. The van der Waals surface area contributed by atoms with E-state index in [-0.39, 0.29) is 11.1 Å². The lowest BCUT2D eigenvalue weighted by atomic mass is 10.1. The van der Waals surface area contributed by atoms with Crippen LogP contribution < -0.4 is 5.56 Å². The van der Waals surface area contributed by atoms with Gasteiger partial charge in [-0.1, -0.05) is 6.92 Å². The first-order valence-corrected chi connectivity index (χ1v) is 4.69. The van der Waals surface area contributed by atoms with Crippen molar-refractivity contribution in [1.82, 2.24) is 9.78 Å². The molecule has 0 atom stereocenters. The molecule has 3 nitrogen and oxygen atoms in total. The Morgan fingerprint density at radius 1 is 1.38 bits per heavy atom. The summed E-state index contributed by atoms with van der Waals surface area (Å²) in [5.74, 6) is 0. The molecule has 1 N–H and O–H groups in total. The Labute approximate surface area is 78.8 Å². The van der Waals surface area contributed by atoms with E-state index in [1.807, 2.05) is 34.6 Å². The molecule has 13 heavy (non-hydrogen) atoms. The molecule has 0 unspecified atom stereocenters. The number of rotatable bonds is 1. The van der Waals surface area contributed by atoms with Gasteiger partial charge in [0.1, 0.15) is 0 Å². The Kier molecular flexibility index (Phi) is 2.37. The molecule has 0 saturated carbocycles. The summed E-state index contributed by atoms with van der Waals surface area (Å²) in [5.41, 5.74) is 1.83. The molecule has 1 heterocycles. The summed E-state index contributed by atoms with van der Waals surface area (Å²) in [4.78, 5) is 11.7. The van der Waals surface area contributed by atoms with Crippen molar-refractivity contribution in [1.29, 1.82) is 0 Å². The van der Waals surface area contributed by atoms with E-state index in [0.717, 1.165) is 17.7 Å². The van der Waals surface area contributed by atoms with Gasteiger partial charge in [-0.2, -0.15) is 0 Å². The fourth-order valence-corrected chi connectivity index (χ4v) is 1.38. The van der Waals surface area contributed by atoms with Crippen LogP contribution in [0.2, 0.25) is 0 Å². The van der Waals surface area contributed by atoms with Gasteiger partial charge in [-0.15, -0.1) is 0 Å². The van der Waals surface area contributed by atoms with Crippen molar-refractivity contribution in [2.75, 3.05) is 0 Å². The number of H-pyrrole nitrogens is 1. The monoisotopic (exact) mass is 182 g/mol. The molecule has 0 spiro atoms. The average molecular weight is 182 g/mol. The summed E-state index contributed by atoms with van der Waals surface area (Å²) in [6, 6.07) is 0. The largest absolute Gasteiger partial charge is 0.299 e. The van der Waals surface area contributed by atoms with Crippen molar-refractivity contribution in [3.05, 3.63) is 21.6 Å². The molecule has 0 bridgehead atoms. The topological polar surface area (TPSA) is 37.8 Å². The molecule has 0 aromatic carbocycles. The lowest BCUT2D eigenvalue weighted by Gasteiger charge is -2.19. The molecule has 1 rings (SSSR count). The predicted octanol–water partition coefficient (Wildman–Crippen LogP) is 1.80. The van der Waals surface area contributed by atoms with Crippen molar-refractivity contribution in [2.24, 2.45) is 0 Å². The molecule has 0 aliphatic carbocycles. The first kappa shape index (κ1) is 10.1. The summed E-state index contributed by atoms with van der Waals surface area (Å²) in [5, 5.41) is 3.14. The van der Waals surface area contributed by atoms with E-state index in [0.29, 0.717) is 0 Å². The summed E-state index contributed by atoms with van der Waals surface area (Å²) in [6.07, 6.45) is 0.879. The lowest BCUT2D eigenvalue weighted by Crippen LogP contribution is -2.32. The maximum atomic E-state index is 11.7. The highest BCUT2D eigenvalue weighted by molar-refractivity contribution is 5.15. The standard InChI is InChI=1S/C10H18N2O/c1-6-8-7(2)9(13)12(11-8)10(3,4)5/h11H,6H2,1-5H3. The van der Waals surface area contributed by atoms with Crippen molar-refractivity contribution >= 4 is 0 Å². The van der Waals surface area contributed by atoms with E-state index < -0.39 is 0 Å². The van der Waals surface area contributed by atoms with Gasteiger partial charge < -0.3 is 0 Å². The lowest BCUT2D eigenvalue weighted by molar-refractivity contribution is 0.343. The molecular weight excluding hydrogens is 164 g/mol. The Morgan fingerprint density at radius 2 is 1.92 bits per heavy atom. The van der Waals surface area contributed by atoms with Gasteiger partial charge >= 0.3 is 0 Å². The highest BCUT2D eigenvalue weighted by atomic mass is 16.1. The summed E-state index contributed by atoms with van der Waals surface area (Å²) in [6.45, 7) is 9.97. The van der Waals surface area contributed by atoms with E-state index in [9.17, 15) is 4.79 Å². The molecular formula is C10H18N2O. The highest BCUT2D eigenvalue weighted by Crippen LogP contribution is 2.11. The van der Waals surface area contributed by atoms with Gasteiger partial charge in [0, 0.05) is 11.3 Å². The van der Waals surface area contributed by atoms with Crippen LogP contribution in [0.1, 0.15) is 39.0 Å². The second-order valence-corrected chi connectivity index (χ2v) is 4.38. The highest BCUT2D eigenvalue weighted by Gasteiger charge is 2.18. The summed E-state index contributed by atoms with van der Waals surface area (Å²) in [7, 11) is 0. The molecule has 0 saturated heterocycles. The van der Waals surface area contributed by atoms with Crippen LogP contribution in [0.5, 0.6) is 0 Å². The summed E-state index contributed by atoms with van der Waals surface area (Å²) >= 11 is 0. The van der Waals surface area contributed by atoms with Crippen LogP contribution in [0.25, 0.3) is 0 Å². The van der Waals surface area contributed by atoms with Crippen LogP contribution in [0, 0.1) is 6.92 Å². The number of aromatic amines is 1. The molecule has 0 radical (unpaired) electrons. The molecule has 0 aliphatic heterocycles. The first-order chi connectivity index (χ1) is 5.88. The van der Waals surface area contributed by atoms with Gasteiger partial charge in [-0.05, 0) is 34.1 Å². The number of hydrogen-bond acceptors (Lipinski definition) is 1. The number of hydrogen-bond donors (Lipinski definition) is 1. The third-order valence-electron chi connectivity index (χ3n) is 2.25. The normalized spacial score (nSPS) is 12.1. The van der Waals surface area contributed by atoms with Gasteiger partial charge in [-0.3, -0.25) is 9.89 Å². The third kappa shape index (κ3) is 1.69. The van der Waals surface area contributed by atoms with Gasteiger partial charge in [0.05, 0.1) is 5.54 Å². The average Bonchev–Trinajstić information content (AvgIpc) is 2.28. The molecule has 1 aromatic heterocycles. The van der Waals surface area contributed by atoms with Crippen molar-refractivity contribution in [3.63, 3.8) is 0 Å². The molecule has 0 fully saturated rings. The van der Waals surface area contributed by atoms with Crippen LogP contribution >= 0.6 is 0 Å². The van der Waals surface area contributed by atoms with Gasteiger partial charge in [0.25, 0.3) is 5.56 Å². The fourth-order valence-electron chi connectivity index (χ4n) is 1.38. The van der Waals surface area contributed by atoms with E-state index in [1.54, 1.807) is 4.68 Å². The van der Waals surface area contributed by atoms with Crippen LogP contribution in [-0.2, 0) is 12.0 Å². The van der Waals surface area contributed by atoms with Gasteiger partial charge in [0.15, 0.2) is 0 Å². The maximum Gasteiger partial charge on any atom is 0.270 e. The predicted molar refractivity (Wildman–Crippen MR) is 54.2 cm³/mol. The van der Waals surface area contributed by atoms with Crippen molar-refractivity contribution in [3.8, 4) is 0 Å². The van der Waals surface area contributed by atoms with E-state index >= 15 is 0 Å². The number of aryl methyl sites for hydroxylation is 1. The maximum absolute atomic E-state index is 11.7. The Morgan fingerprint density at radius 3 is 2.15 bits per heavy atom. The molecule has 3 heteroatoms. The summed E-state index contributed by atoms with van der Waals surface area (Å²) < 4.78 is 1.70. The van der Waals surface area contributed by atoms with Crippen LogP contribution in [0.15, 0.2) is 4.79 Å². The number of nitrogens with zero attached hydrogens (tertiary/aromatic N) is 1. The van der Waals surface area contributed by atoms with Crippen molar-refractivity contribution in [2.45, 2.75) is 46.6 Å². The Hall–Kier alpha value is -0.990. The molecule has 0 aliphatic rings. The van der Waals surface area contributed by atoms with Gasteiger partial charge in [0.2, 0.25) is 0 Å². The smallest absolute Gasteiger partial charge is 0.270 e. The second kappa shape index (κ2) is 3.05. The van der Waals surface area contributed by atoms with E-state index in [2.05, 4.69) is 5.10 Å².